The number of carbonyl (C=O) groups excluding carboxylic acids is 1. The third-order valence-electron chi connectivity index (χ3n) is 2.62. The highest BCUT2D eigenvalue weighted by atomic mass is 16.5. The molecule has 0 saturated heterocycles. The fourth-order valence-corrected chi connectivity index (χ4v) is 1.67. The topological polar surface area (TPSA) is 75.6 Å². The van der Waals surface area contributed by atoms with E-state index in [4.69, 9.17) is 4.74 Å². The Balaban J connectivity index is 2.34. The Morgan fingerprint density at radius 3 is 2.86 bits per heavy atom. The number of nitrogens with zero attached hydrogens (tertiary/aromatic N) is 2. The minimum atomic E-state index is -0.158. The van der Waals surface area contributed by atoms with Crippen LogP contribution in [0, 0.1) is 0 Å². The third kappa shape index (κ3) is 7.91. The number of pyridine rings is 1. The largest absolute Gasteiger partial charge is 0.466 e. The van der Waals surface area contributed by atoms with Crippen molar-refractivity contribution in [2.24, 2.45) is 4.99 Å². The summed E-state index contributed by atoms with van der Waals surface area (Å²) >= 11 is 0. The molecule has 0 aliphatic carbocycles. The molecule has 0 saturated carbocycles. The predicted octanol–water partition coefficient (Wildman–Crippen LogP) is 1.48. The van der Waals surface area contributed by atoms with Crippen LogP contribution in [0.5, 0.6) is 0 Å². The summed E-state index contributed by atoms with van der Waals surface area (Å²) in [4.78, 5) is 19.9. The highest BCUT2D eigenvalue weighted by Crippen LogP contribution is 1.96. The van der Waals surface area contributed by atoms with Gasteiger partial charge in [-0.2, -0.15) is 0 Å². The van der Waals surface area contributed by atoms with Crippen LogP contribution in [0.25, 0.3) is 0 Å². The first-order valence-electron chi connectivity index (χ1n) is 7.34. The summed E-state index contributed by atoms with van der Waals surface area (Å²) in [6, 6.07) is 5.76. The van der Waals surface area contributed by atoms with Crippen LogP contribution in [0.3, 0.4) is 0 Å². The maximum absolute atomic E-state index is 11.2. The molecule has 0 aliphatic rings. The molecule has 2 N–H and O–H groups in total. The van der Waals surface area contributed by atoms with Crippen molar-refractivity contribution in [2.45, 2.75) is 33.2 Å². The normalized spacial score (nSPS) is 11.0. The van der Waals surface area contributed by atoms with E-state index < -0.39 is 0 Å². The number of rotatable bonds is 8. The molecule has 0 radical (unpaired) electrons. The first-order valence-corrected chi connectivity index (χ1v) is 7.34. The van der Waals surface area contributed by atoms with Gasteiger partial charge in [0.1, 0.15) is 0 Å². The quantitative estimate of drug-likeness (QED) is 0.328. The van der Waals surface area contributed by atoms with Crippen molar-refractivity contribution < 1.29 is 9.53 Å². The summed E-state index contributed by atoms with van der Waals surface area (Å²) in [5, 5.41) is 6.35. The summed E-state index contributed by atoms with van der Waals surface area (Å²) < 4.78 is 4.88. The number of hydrogen-bond acceptors (Lipinski definition) is 4. The number of hydrogen-bond donors (Lipinski definition) is 2. The number of aromatic nitrogens is 1. The molecule has 0 fully saturated rings. The summed E-state index contributed by atoms with van der Waals surface area (Å²) in [5.41, 5.74) is 0.918. The van der Waals surface area contributed by atoms with Gasteiger partial charge in [0.2, 0.25) is 0 Å². The lowest BCUT2D eigenvalue weighted by Gasteiger charge is -2.10. The summed E-state index contributed by atoms with van der Waals surface area (Å²) in [6.45, 7) is 6.23. The van der Waals surface area contributed by atoms with Crippen LogP contribution in [-0.2, 0) is 16.1 Å². The molecule has 0 aliphatic heterocycles. The molecule has 116 valence electrons. The first kappa shape index (κ1) is 16.9. The van der Waals surface area contributed by atoms with Crippen molar-refractivity contribution in [1.82, 2.24) is 15.6 Å². The zero-order chi connectivity index (χ0) is 15.3. The van der Waals surface area contributed by atoms with Crippen molar-refractivity contribution in [2.75, 3.05) is 19.7 Å². The smallest absolute Gasteiger partial charge is 0.305 e. The molecule has 0 spiro atoms. The second-order valence-corrected chi connectivity index (χ2v) is 4.35. The maximum atomic E-state index is 11.2. The Labute approximate surface area is 126 Å². The molecule has 0 unspecified atom stereocenters. The molecule has 21 heavy (non-hydrogen) atoms. The fraction of sp³-hybridized carbons (Fsp3) is 0.533. The van der Waals surface area contributed by atoms with E-state index in [1.165, 1.54) is 0 Å². The molecule has 6 nitrogen and oxygen atoms in total. The molecule has 0 amide bonds. The van der Waals surface area contributed by atoms with Crippen LogP contribution >= 0.6 is 0 Å². The fourth-order valence-electron chi connectivity index (χ4n) is 1.67. The van der Waals surface area contributed by atoms with E-state index in [0.717, 1.165) is 18.2 Å². The Morgan fingerprint density at radius 2 is 2.19 bits per heavy atom. The Bertz CT molecular complexity index is 435. The van der Waals surface area contributed by atoms with E-state index in [9.17, 15) is 4.79 Å². The van der Waals surface area contributed by atoms with Crippen molar-refractivity contribution >= 4 is 11.9 Å². The van der Waals surface area contributed by atoms with Crippen LogP contribution < -0.4 is 10.6 Å². The van der Waals surface area contributed by atoms with E-state index in [1.807, 2.05) is 32.0 Å². The molecule has 1 heterocycles. The number of nitrogens with one attached hydrogen (secondary N) is 2. The molecule has 6 heteroatoms. The van der Waals surface area contributed by atoms with Gasteiger partial charge in [0, 0.05) is 25.7 Å². The molecule has 0 atom stereocenters. The van der Waals surface area contributed by atoms with Gasteiger partial charge in [0.05, 0.1) is 18.8 Å². The lowest BCUT2D eigenvalue weighted by Crippen LogP contribution is -2.37. The van der Waals surface area contributed by atoms with Gasteiger partial charge in [-0.3, -0.25) is 9.78 Å². The van der Waals surface area contributed by atoms with Gasteiger partial charge in [0.15, 0.2) is 5.96 Å². The van der Waals surface area contributed by atoms with Gasteiger partial charge in [-0.1, -0.05) is 6.07 Å². The van der Waals surface area contributed by atoms with Crippen LogP contribution in [0.4, 0.5) is 0 Å². The minimum Gasteiger partial charge on any atom is -0.466 e. The zero-order valence-electron chi connectivity index (χ0n) is 12.8. The second-order valence-electron chi connectivity index (χ2n) is 4.35. The highest BCUT2D eigenvalue weighted by molar-refractivity contribution is 5.79. The number of ether oxygens (including phenoxy) is 1. The average molecular weight is 292 g/mol. The lowest BCUT2D eigenvalue weighted by molar-refractivity contribution is -0.143. The van der Waals surface area contributed by atoms with Gasteiger partial charge in [-0.05, 0) is 32.4 Å². The molecule has 1 rings (SSSR count). The van der Waals surface area contributed by atoms with Gasteiger partial charge in [0.25, 0.3) is 0 Å². The van der Waals surface area contributed by atoms with E-state index in [2.05, 4.69) is 20.6 Å². The van der Waals surface area contributed by atoms with Crippen molar-refractivity contribution in [3.05, 3.63) is 30.1 Å². The Hall–Kier alpha value is -2.11. The lowest BCUT2D eigenvalue weighted by atomic mass is 10.3. The van der Waals surface area contributed by atoms with E-state index in [0.29, 0.717) is 32.5 Å². The zero-order valence-corrected chi connectivity index (χ0v) is 12.8. The number of esters is 1. The molecule has 0 bridgehead atoms. The van der Waals surface area contributed by atoms with Crippen molar-refractivity contribution in [1.29, 1.82) is 0 Å². The monoisotopic (exact) mass is 292 g/mol. The number of guanidine groups is 1. The van der Waals surface area contributed by atoms with E-state index in [-0.39, 0.29) is 5.97 Å². The average Bonchev–Trinajstić information content (AvgIpc) is 2.50. The number of carbonyl (C=O) groups is 1. The first-order chi connectivity index (χ1) is 10.3. The predicted molar refractivity (Wildman–Crippen MR) is 82.9 cm³/mol. The van der Waals surface area contributed by atoms with Crippen LogP contribution in [0.15, 0.2) is 29.4 Å². The molecular weight excluding hydrogens is 268 g/mol. The SMILES string of the molecule is CCNC(=NCc1ccccn1)NCCCC(=O)OCC. The van der Waals surface area contributed by atoms with Gasteiger partial charge in [-0.25, -0.2) is 4.99 Å². The van der Waals surface area contributed by atoms with Crippen LogP contribution in [0.1, 0.15) is 32.4 Å². The Morgan fingerprint density at radius 1 is 1.33 bits per heavy atom. The van der Waals surface area contributed by atoms with Gasteiger partial charge >= 0.3 is 5.97 Å². The van der Waals surface area contributed by atoms with E-state index >= 15 is 0 Å². The number of aliphatic imine (C=N–C) groups is 1. The van der Waals surface area contributed by atoms with Crippen molar-refractivity contribution in [3.8, 4) is 0 Å². The summed E-state index contributed by atoms with van der Waals surface area (Å²) in [5.74, 6) is 0.571. The van der Waals surface area contributed by atoms with Crippen LogP contribution in [0.2, 0.25) is 0 Å². The molecule has 1 aromatic rings. The van der Waals surface area contributed by atoms with Gasteiger partial charge in [-0.15, -0.1) is 0 Å². The molecular formula is C15H24N4O2. The summed E-state index contributed by atoms with van der Waals surface area (Å²) in [7, 11) is 0. The van der Waals surface area contributed by atoms with Crippen molar-refractivity contribution in [3.63, 3.8) is 0 Å². The minimum absolute atomic E-state index is 0.158. The van der Waals surface area contributed by atoms with E-state index in [1.54, 1.807) is 6.20 Å². The highest BCUT2D eigenvalue weighted by Gasteiger charge is 2.02. The third-order valence-corrected chi connectivity index (χ3v) is 2.62. The standard InChI is InChI=1S/C15H24N4O2/c1-3-16-15(18-11-7-9-14(20)21-4-2)19-12-13-8-5-6-10-17-13/h5-6,8,10H,3-4,7,9,11-12H2,1-2H3,(H2,16,18,19). The molecule has 0 aromatic carbocycles. The Kier molecular flexibility index (Phi) is 8.59. The molecule has 1 aromatic heterocycles. The second kappa shape index (κ2) is 10.7. The summed E-state index contributed by atoms with van der Waals surface area (Å²) in [6.07, 6.45) is 2.89. The van der Waals surface area contributed by atoms with Gasteiger partial charge < -0.3 is 15.4 Å². The van der Waals surface area contributed by atoms with Crippen LogP contribution in [-0.4, -0.2) is 36.6 Å². The maximum Gasteiger partial charge on any atom is 0.305 e.